The predicted octanol–water partition coefficient (Wildman–Crippen LogP) is 3.83. The summed E-state index contributed by atoms with van der Waals surface area (Å²) in [6.45, 7) is 6.08. The molecule has 1 amide bonds. The Morgan fingerprint density at radius 2 is 1.88 bits per heavy atom. The quantitative estimate of drug-likeness (QED) is 0.907. The summed E-state index contributed by atoms with van der Waals surface area (Å²) in [5, 5.41) is 2.98. The van der Waals surface area contributed by atoms with E-state index in [2.05, 4.69) is 5.32 Å². The third kappa shape index (κ3) is 3.30. The van der Waals surface area contributed by atoms with Crippen molar-refractivity contribution in [3.05, 3.63) is 47.5 Å². The third-order valence-corrected chi connectivity index (χ3v) is 4.01. The number of nitrogens with one attached hydrogen (secondary N) is 1. The molecule has 0 bridgehead atoms. The molecule has 2 aromatic carbocycles. The molecule has 0 saturated heterocycles. The highest BCUT2D eigenvalue weighted by Crippen LogP contribution is 2.35. The van der Waals surface area contributed by atoms with Gasteiger partial charge in [0.1, 0.15) is 5.75 Å². The van der Waals surface area contributed by atoms with Crippen molar-refractivity contribution in [2.45, 2.75) is 33.3 Å². The summed E-state index contributed by atoms with van der Waals surface area (Å²) in [6, 6.07) is 11.2. The van der Waals surface area contributed by atoms with E-state index < -0.39 is 6.10 Å². The summed E-state index contributed by atoms with van der Waals surface area (Å²) < 4.78 is 16.5. The van der Waals surface area contributed by atoms with Crippen LogP contribution < -0.4 is 19.5 Å². The molecule has 0 saturated carbocycles. The van der Waals surface area contributed by atoms with Crippen LogP contribution in [0.3, 0.4) is 0 Å². The highest BCUT2D eigenvalue weighted by Gasteiger charge is 2.21. The zero-order valence-electron chi connectivity index (χ0n) is 14.1. The number of carbonyl (C=O) groups excluding carboxylic acids is 1. The number of hydrogen-bond acceptors (Lipinski definition) is 4. The van der Waals surface area contributed by atoms with Crippen LogP contribution >= 0.6 is 0 Å². The van der Waals surface area contributed by atoms with Gasteiger partial charge in [-0.2, -0.15) is 0 Å². The number of amides is 1. The molecule has 0 radical (unpaired) electrons. The molecule has 1 atom stereocenters. The fourth-order valence-corrected chi connectivity index (χ4v) is 2.65. The van der Waals surface area contributed by atoms with Crippen molar-refractivity contribution in [1.82, 2.24) is 0 Å². The lowest BCUT2D eigenvalue weighted by Crippen LogP contribution is -2.32. The minimum atomic E-state index is -0.579. The van der Waals surface area contributed by atoms with Gasteiger partial charge in [-0.15, -0.1) is 0 Å². The maximum absolute atomic E-state index is 12.6. The molecule has 1 N–H and O–H groups in total. The van der Waals surface area contributed by atoms with Gasteiger partial charge in [0.2, 0.25) is 6.79 Å². The summed E-state index contributed by atoms with van der Waals surface area (Å²) in [7, 11) is 0. The number of ether oxygens (including phenoxy) is 3. The molecule has 1 heterocycles. The number of hydrogen-bond donors (Lipinski definition) is 1. The minimum absolute atomic E-state index is 0.160. The van der Waals surface area contributed by atoms with Gasteiger partial charge in [-0.3, -0.25) is 4.79 Å². The van der Waals surface area contributed by atoms with Crippen molar-refractivity contribution in [1.29, 1.82) is 0 Å². The Balaban J connectivity index is 1.73. The summed E-state index contributed by atoms with van der Waals surface area (Å²) >= 11 is 0. The van der Waals surface area contributed by atoms with Crippen molar-refractivity contribution < 1.29 is 19.0 Å². The van der Waals surface area contributed by atoms with Gasteiger partial charge in [-0.25, -0.2) is 0 Å². The van der Waals surface area contributed by atoms with E-state index in [0.717, 1.165) is 16.8 Å². The van der Waals surface area contributed by atoms with Crippen LogP contribution in [0.5, 0.6) is 17.2 Å². The molecule has 0 fully saturated rings. The van der Waals surface area contributed by atoms with E-state index >= 15 is 0 Å². The monoisotopic (exact) mass is 327 g/mol. The SMILES string of the molecule is CCC(Oc1ccc2c(c1)OCO2)C(=O)Nc1c(C)cccc1C. The standard InChI is InChI=1S/C19H21NO4/c1-4-15(19(21)20-18-12(2)6-5-7-13(18)3)24-14-8-9-16-17(10-14)23-11-22-16/h5-10,15H,4,11H2,1-3H3,(H,20,21). The van der Waals surface area contributed by atoms with Crippen LogP contribution in [-0.4, -0.2) is 18.8 Å². The smallest absolute Gasteiger partial charge is 0.265 e. The second-order valence-corrected chi connectivity index (χ2v) is 5.79. The Morgan fingerprint density at radius 3 is 2.58 bits per heavy atom. The molecule has 24 heavy (non-hydrogen) atoms. The minimum Gasteiger partial charge on any atom is -0.480 e. The summed E-state index contributed by atoms with van der Waals surface area (Å²) in [4.78, 5) is 12.6. The lowest BCUT2D eigenvalue weighted by atomic mass is 10.1. The van der Waals surface area contributed by atoms with Crippen molar-refractivity contribution in [2.24, 2.45) is 0 Å². The van der Waals surface area contributed by atoms with Crippen LogP contribution in [-0.2, 0) is 4.79 Å². The first kappa shape index (κ1) is 16.2. The molecule has 0 aliphatic carbocycles. The molecule has 5 nitrogen and oxygen atoms in total. The van der Waals surface area contributed by atoms with Crippen molar-refractivity contribution in [2.75, 3.05) is 12.1 Å². The topological polar surface area (TPSA) is 56.8 Å². The Morgan fingerprint density at radius 1 is 1.17 bits per heavy atom. The van der Waals surface area contributed by atoms with Gasteiger partial charge in [-0.05, 0) is 43.5 Å². The van der Waals surface area contributed by atoms with Gasteiger partial charge in [0.05, 0.1) is 0 Å². The molecule has 0 spiro atoms. The first-order chi connectivity index (χ1) is 11.6. The zero-order chi connectivity index (χ0) is 17.1. The number of fused-ring (bicyclic) bond motifs is 1. The Bertz CT molecular complexity index is 737. The van der Waals surface area contributed by atoms with E-state index in [-0.39, 0.29) is 12.7 Å². The van der Waals surface area contributed by atoms with Gasteiger partial charge < -0.3 is 19.5 Å². The van der Waals surface area contributed by atoms with E-state index in [1.165, 1.54) is 0 Å². The Kier molecular flexibility index (Phi) is 4.60. The molecular formula is C19H21NO4. The first-order valence-electron chi connectivity index (χ1n) is 8.02. The van der Waals surface area contributed by atoms with E-state index in [0.29, 0.717) is 23.7 Å². The van der Waals surface area contributed by atoms with Gasteiger partial charge in [0.15, 0.2) is 17.6 Å². The van der Waals surface area contributed by atoms with Crippen LogP contribution in [0.2, 0.25) is 0 Å². The number of para-hydroxylation sites is 1. The highest BCUT2D eigenvalue weighted by molar-refractivity contribution is 5.95. The second kappa shape index (κ2) is 6.83. The van der Waals surface area contributed by atoms with Gasteiger partial charge >= 0.3 is 0 Å². The van der Waals surface area contributed by atoms with Gasteiger partial charge in [0.25, 0.3) is 5.91 Å². The Labute approximate surface area is 141 Å². The number of carbonyl (C=O) groups is 1. The molecule has 1 aliphatic rings. The van der Waals surface area contributed by atoms with Gasteiger partial charge in [-0.1, -0.05) is 25.1 Å². The molecule has 5 heteroatoms. The maximum Gasteiger partial charge on any atom is 0.265 e. The van der Waals surface area contributed by atoms with Gasteiger partial charge in [0, 0.05) is 11.8 Å². The summed E-state index contributed by atoms with van der Waals surface area (Å²) in [5.74, 6) is 1.75. The third-order valence-electron chi connectivity index (χ3n) is 4.01. The number of rotatable bonds is 5. The summed E-state index contributed by atoms with van der Waals surface area (Å²) in [5.41, 5.74) is 2.90. The zero-order valence-corrected chi connectivity index (χ0v) is 14.1. The number of anilines is 1. The summed E-state index contributed by atoms with van der Waals surface area (Å²) in [6.07, 6.45) is -0.0186. The van der Waals surface area contributed by atoms with E-state index in [1.807, 2.05) is 39.0 Å². The first-order valence-corrected chi connectivity index (χ1v) is 8.02. The fraction of sp³-hybridized carbons (Fsp3) is 0.316. The number of benzene rings is 2. The van der Waals surface area contributed by atoms with Crippen molar-refractivity contribution in [3.8, 4) is 17.2 Å². The molecule has 3 rings (SSSR count). The highest BCUT2D eigenvalue weighted by atomic mass is 16.7. The molecule has 2 aromatic rings. The van der Waals surface area contributed by atoms with E-state index in [9.17, 15) is 4.79 Å². The van der Waals surface area contributed by atoms with Crippen LogP contribution in [0.15, 0.2) is 36.4 Å². The fourth-order valence-electron chi connectivity index (χ4n) is 2.65. The van der Waals surface area contributed by atoms with Crippen LogP contribution in [0.4, 0.5) is 5.69 Å². The normalized spacial score (nSPS) is 13.5. The molecule has 1 unspecified atom stereocenters. The largest absolute Gasteiger partial charge is 0.480 e. The van der Waals surface area contributed by atoms with Crippen LogP contribution in [0.1, 0.15) is 24.5 Å². The molecule has 0 aromatic heterocycles. The average molecular weight is 327 g/mol. The lowest BCUT2D eigenvalue weighted by Gasteiger charge is -2.19. The average Bonchev–Trinajstić information content (AvgIpc) is 3.03. The second-order valence-electron chi connectivity index (χ2n) is 5.79. The van der Waals surface area contributed by atoms with Crippen LogP contribution in [0.25, 0.3) is 0 Å². The predicted molar refractivity (Wildman–Crippen MR) is 91.8 cm³/mol. The lowest BCUT2D eigenvalue weighted by molar-refractivity contribution is -0.122. The maximum atomic E-state index is 12.6. The number of aryl methyl sites for hydroxylation is 2. The van der Waals surface area contributed by atoms with Crippen LogP contribution in [0, 0.1) is 13.8 Å². The van der Waals surface area contributed by atoms with E-state index in [4.69, 9.17) is 14.2 Å². The van der Waals surface area contributed by atoms with Crippen molar-refractivity contribution >= 4 is 11.6 Å². The Hall–Kier alpha value is -2.69. The van der Waals surface area contributed by atoms with Crippen molar-refractivity contribution in [3.63, 3.8) is 0 Å². The van der Waals surface area contributed by atoms with E-state index in [1.54, 1.807) is 18.2 Å². The molecule has 126 valence electrons. The molecule has 1 aliphatic heterocycles. The molecular weight excluding hydrogens is 306 g/mol.